The highest BCUT2D eigenvalue weighted by molar-refractivity contribution is 6.31. The summed E-state index contributed by atoms with van der Waals surface area (Å²) in [6.07, 6.45) is 0. The molecule has 0 aliphatic carbocycles. The first-order chi connectivity index (χ1) is 13.5. The van der Waals surface area contributed by atoms with Crippen LogP contribution in [-0.2, 0) is 4.79 Å². The Morgan fingerprint density at radius 1 is 1.04 bits per heavy atom. The smallest absolute Gasteiger partial charge is 0.255 e. The Morgan fingerprint density at radius 3 is 2.43 bits per heavy atom. The van der Waals surface area contributed by atoms with Gasteiger partial charge in [0.15, 0.2) is 0 Å². The van der Waals surface area contributed by atoms with Crippen LogP contribution in [0.1, 0.15) is 10.4 Å². The molecular weight excluding hydrogens is 401 g/mol. The standard InChI is InChI=1S/C20H21Cl2N3O3/c1-28-18-12-15(22)5-6-17(18)20(27)23-13-19(26)25-9-7-24(8-10-25)16-4-2-3-14(21)11-16/h2-6,11-12H,7-10,13H2,1H3,(H,23,27). The molecule has 148 valence electrons. The fourth-order valence-corrected chi connectivity index (χ4v) is 3.45. The average Bonchev–Trinajstić information content (AvgIpc) is 2.71. The molecule has 1 N–H and O–H groups in total. The Bertz CT molecular complexity index is 868. The SMILES string of the molecule is COc1cc(Cl)ccc1C(=O)NCC(=O)N1CCN(c2cccc(Cl)c2)CC1. The molecule has 1 aliphatic rings. The summed E-state index contributed by atoms with van der Waals surface area (Å²) in [5.41, 5.74) is 1.38. The molecule has 2 aromatic rings. The van der Waals surface area contributed by atoms with Crippen molar-refractivity contribution in [2.45, 2.75) is 0 Å². The fraction of sp³-hybridized carbons (Fsp3) is 0.300. The third kappa shape index (κ3) is 4.88. The molecule has 0 unspecified atom stereocenters. The lowest BCUT2D eigenvalue weighted by Gasteiger charge is -2.36. The van der Waals surface area contributed by atoms with Gasteiger partial charge in [0.1, 0.15) is 5.75 Å². The van der Waals surface area contributed by atoms with Crippen molar-refractivity contribution in [1.29, 1.82) is 0 Å². The van der Waals surface area contributed by atoms with Gasteiger partial charge in [-0.1, -0.05) is 29.3 Å². The van der Waals surface area contributed by atoms with Crippen molar-refractivity contribution in [3.8, 4) is 5.75 Å². The first kappa shape index (κ1) is 20.3. The number of benzene rings is 2. The van der Waals surface area contributed by atoms with Crippen LogP contribution < -0.4 is 15.0 Å². The van der Waals surface area contributed by atoms with E-state index in [1.54, 1.807) is 23.1 Å². The normalized spacial score (nSPS) is 14.0. The Kier molecular flexibility index (Phi) is 6.65. The van der Waals surface area contributed by atoms with Crippen molar-refractivity contribution in [2.24, 2.45) is 0 Å². The Hall–Kier alpha value is -2.44. The molecule has 1 saturated heterocycles. The maximum atomic E-state index is 12.5. The Balaban J connectivity index is 1.51. The van der Waals surface area contributed by atoms with Gasteiger partial charge in [0.05, 0.1) is 19.2 Å². The van der Waals surface area contributed by atoms with Crippen LogP contribution in [-0.4, -0.2) is 56.5 Å². The van der Waals surface area contributed by atoms with E-state index in [1.807, 2.05) is 24.3 Å². The van der Waals surface area contributed by atoms with Gasteiger partial charge in [-0.2, -0.15) is 0 Å². The maximum Gasteiger partial charge on any atom is 0.255 e. The second-order valence-corrected chi connectivity index (χ2v) is 7.25. The minimum atomic E-state index is -0.376. The molecule has 0 aromatic heterocycles. The summed E-state index contributed by atoms with van der Waals surface area (Å²) in [5, 5.41) is 3.82. The molecular formula is C20H21Cl2N3O3. The van der Waals surface area contributed by atoms with E-state index in [4.69, 9.17) is 27.9 Å². The second kappa shape index (κ2) is 9.17. The number of anilines is 1. The van der Waals surface area contributed by atoms with Gasteiger partial charge in [0, 0.05) is 41.9 Å². The lowest BCUT2D eigenvalue weighted by atomic mass is 10.2. The van der Waals surface area contributed by atoms with Crippen LogP contribution in [0, 0.1) is 0 Å². The third-order valence-electron chi connectivity index (χ3n) is 4.61. The molecule has 0 atom stereocenters. The summed E-state index contributed by atoms with van der Waals surface area (Å²) in [5.74, 6) is -0.126. The summed E-state index contributed by atoms with van der Waals surface area (Å²) >= 11 is 12.0. The number of piperazine rings is 1. The number of methoxy groups -OCH3 is 1. The zero-order valence-corrected chi connectivity index (χ0v) is 17.0. The van der Waals surface area contributed by atoms with Gasteiger partial charge in [-0.25, -0.2) is 0 Å². The molecule has 0 spiro atoms. The number of halogens is 2. The van der Waals surface area contributed by atoms with Crippen molar-refractivity contribution >= 4 is 40.7 Å². The lowest BCUT2D eigenvalue weighted by molar-refractivity contribution is -0.130. The van der Waals surface area contributed by atoms with Crippen molar-refractivity contribution < 1.29 is 14.3 Å². The number of carbonyl (C=O) groups excluding carboxylic acids is 2. The average molecular weight is 422 g/mol. The molecule has 1 aliphatic heterocycles. The van der Waals surface area contributed by atoms with Gasteiger partial charge in [-0.15, -0.1) is 0 Å². The molecule has 1 fully saturated rings. The van der Waals surface area contributed by atoms with Gasteiger partial charge >= 0.3 is 0 Å². The van der Waals surface area contributed by atoms with E-state index < -0.39 is 0 Å². The van der Waals surface area contributed by atoms with E-state index in [1.165, 1.54) is 7.11 Å². The number of nitrogens with zero attached hydrogens (tertiary/aromatic N) is 2. The van der Waals surface area contributed by atoms with Crippen LogP contribution in [0.25, 0.3) is 0 Å². The molecule has 2 amide bonds. The second-order valence-electron chi connectivity index (χ2n) is 6.37. The van der Waals surface area contributed by atoms with E-state index in [-0.39, 0.29) is 18.4 Å². The molecule has 3 rings (SSSR count). The van der Waals surface area contributed by atoms with Crippen molar-refractivity contribution in [3.05, 3.63) is 58.1 Å². The molecule has 1 heterocycles. The summed E-state index contributed by atoms with van der Waals surface area (Å²) in [6, 6.07) is 12.4. The van der Waals surface area contributed by atoms with E-state index in [0.29, 0.717) is 47.5 Å². The Morgan fingerprint density at radius 2 is 1.75 bits per heavy atom. The van der Waals surface area contributed by atoms with E-state index >= 15 is 0 Å². The van der Waals surface area contributed by atoms with E-state index in [9.17, 15) is 9.59 Å². The molecule has 0 radical (unpaired) electrons. The highest BCUT2D eigenvalue weighted by Gasteiger charge is 2.22. The monoisotopic (exact) mass is 421 g/mol. The minimum absolute atomic E-state index is 0.0677. The van der Waals surface area contributed by atoms with E-state index in [2.05, 4.69) is 10.2 Å². The number of ether oxygens (including phenoxy) is 1. The molecule has 0 saturated carbocycles. The predicted octanol–water partition coefficient (Wildman–Crippen LogP) is 3.08. The highest BCUT2D eigenvalue weighted by atomic mass is 35.5. The highest BCUT2D eigenvalue weighted by Crippen LogP contribution is 2.23. The number of rotatable bonds is 5. The minimum Gasteiger partial charge on any atom is -0.496 e. The zero-order chi connectivity index (χ0) is 20.1. The van der Waals surface area contributed by atoms with Gasteiger partial charge in [0.25, 0.3) is 5.91 Å². The van der Waals surface area contributed by atoms with Gasteiger partial charge in [-0.3, -0.25) is 9.59 Å². The predicted molar refractivity (Wildman–Crippen MR) is 111 cm³/mol. The van der Waals surface area contributed by atoms with Gasteiger partial charge < -0.3 is 19.9 Å². The van der Waals surface area contributed by atoms with Crippen LogP contribution in [0.15, 0.2) is 42.5 Å². The third-order valence-corrected chi connectivity index (χ3v) is 5.08. The Labute approximate surface area is 174 Å². The summed E-state index contributed by atoms with van der Waals surface area (Å²) < 4.78 is 5.18. The first-order valence-electron chi connectivity index (χ1n) is 8.88. The topological polar surface area (TPSA) is 61.9 Å². The number of amides is 2. The molecule has 6 nitrogen and oxygen atoms in total. The number of nitrogens with one attached hydrogen (secondary N) is 1. The first-order valence-corrected chi connectivity index (χ1v) is 9.63. The van der Waals surface area contributed by atoms with Crippen LogP contribution in [0.4, 0.5) is 5.69 Å². The summed E-state index contributed by atoms with van der Waals surface area (Å²) in [7, 11) is 1.47. The fourth-order valence-electron chi connectivity index (χ4n) is 3.10. The zero-order valence-electron chi connectivity index (χ0n) is 15.5. The van der Waals surface area contributed by atoms with Crippen LogP contribution in [0.3, 0.4) is 0 Å². The van der Waals surface area contributed by atoms with E-state index in [0.717, 1.165) is 5.69 Å². The van der Waals surface area contributed by atoms with Crippen molar-refractivity contribution in [2.75, 3.05) is 44.7 Å². The van der Waals surface area contributed by atoms with Crippen LogP contribution in [0.2, 0.25) is 10.0 Å². The number of hydrogen-bond acceptors (Lipinski definition) is 4. The van der Waals surface area contributed by atoms with Crippen LogP contribution in [0.5, 0.6) is 5.75 Å². The number of carbonyl (C=O) groups is 2. The maximum absolute atomic E-state index is 12.5. The summed E-state index contributed by atoms with van der Waals surface area (Å²) in [6.45, 7) is 2.54. The summed E-state index contributed by atoms with van der Waals surface area (Å²) in [4.78, 5) is 28.8. The quantitative estimate of drug-likeness (QED) is 0.805. The van der Waals surface area contributed by atoms with Gasteiger partial charge in [-0.05, 0) is 36.4 Å². The molecule has 2 aromatic carbocycles. The van der Waals surface area contributed by atoms with Crippen molar-refractivity contribution in [3.63, 3.8) is 0 Å². The molecule has 8 heteroatoms. The molecule has 28 heavy (non-hydrogen) atoms. The van der Waals surface area contributed by atoms with Gasteiger partial charge in [0.2, 0.25) is 5.91 Å². The lowest BCUT2D eigenvalue weighted by Crippen LogP contribution is -2.51. The van der Waals surface area contributed by atoms with Crippen molar-refractivity contribution in [1.82, 2.24) is 10.2 Å². The molecule has 0 bridgehead atoms. The largest absolute Gasteiger partial charge is 0.496 e. The van der Waals surface area contributed by atoms with Crippen LogP contribution >= 0.6 is 23.2 Å². The number of hydrogen-bond donors (Lipinski definition) is 1.